The van der Waals surface area contributed by atoms with Crippen LogP contribution in [0.3, 0.4) is 0 Å². The van der Waals surface area contributed by atoms with Gasteiger partial charge in [-0.05, 0) is 13.8 Å². The maximum atomic E-state index is 4.45. The maximum absolute atomic E-state index is 4.45. The summed E-state index contributed by atoms with van der Waals surface area (Å²) < 4.78 is 0. The minimum atomic E-state index is 0.297. The van der Waals surface area contributed by atoms with Crippen molar-refractivity contribution >= 4 is 22.7 Å². The molecular formula is C10H13N3S2. The molecule has 0 saturated carbocycles. The van der Waals surface area contributed by atoms with E-state index < -0.39 is 0 Å². The van der Waals surface area contributed by atoms with E-state index in [9.17, 15) is 0 Å². The lowest BCUT2D eigenvalue weighted by Crippen LogP contribution is -2.18. The van der Waals surface area contributed by atoms with E-state index in [0.717, 1.165) is 22.9 Å². The zero-order valence-corrected chi connectivity index (χ0v) is 10.4. The van der Waals surface area contributed by atoms with Gasteiger partial charge in [0.05, 0.1) is 17.2 Å². The molecule has 2 aromatic rings. The predicted octanol–water partition coefficient (Wildman–Crippen LogP) is 2.76. The van der Waals surface area contributed by atoms with E-state index in [1.54, 1.807) is 22.7 Å². The molecule has 5 heteroatoms. The summed E-state index contributed by atoms with van der Waals surface area (Å²) in [6.07, 6.45) is 0. The minimum absolute atomic E-state index is 0.297. The summed E-state index contributed by atoms with van der Waals surface area (Å²) >= 11 is 3.33. The van der Waals surface area contributed by atoms with E-state index in [1.165, 1.54) is 0 Å². The van der Waals surface area contributed by atoms with Gasteiger partial charge in [0.15, 0.2) is 0 Å². The van der Waals surface area contributed by atoms with Crippen LogP contribution in [0.5, 0.6) is 0 Å². The monoisotopic (exact) mass is 239 g/mol. The summed E-state index contributed by atoms with van der Waals surface area (Å²) in [6.45, 7) is 4.96. The predicted molar refractivity (Wildman–Crippen MR) is 64.2 cm³/mol. The van der Waals surface area contributed by atoms with Gasteiger partial charge in [0.1, 0.15) is 5.01 Å². The molecule has 80 valence electrons. The topological polar surface area (TPSA) is 37.8 Å². The molecule has 15 heavy (non-hydrogen) atoms. The van der Waals surface area contributed by atoms with Crippen LogP contribution in [0.2, 0.25) is 0 Å². The molecule has 0 aliphatic heterocycles. The summed E-state index contributed by atoms with van der Waals surface area (Å²) in [7, 11) is 0. The summed E-state index contributed by atoms with van der Waals surface area (Å²) in [4.78, 5) is 8.67. The molecule has 2 aromatic heterocycles. The van der Waals surface area contributed by atoms with Crippen LogP contribution in [-0.2, 0) is 6.54 Å². The van der Waals surface area contributed by atoms with Gasteiger partial charge in [-0.25, -0.2) is 9.97 Å². The highest BCUT2D eigenvalue weighted by atomic mass is 32.1. The van der Waals surface area contributed by atoms with Crippen LogP contribution in [0.4, 0.5) is 0 Å². The summed E-state index contributed by atoms with van der Waals surface area (Å²) in [6, 6.07) is 0.297. The SMILES string of the molecule is Cc1csc(C(C)NCc2cscn2)n1. The van der Waals surface area contributed by atoms with Crippen molar-refractivity contribution in [2.24, 2.45) is 0 Å². The first-order valence-electron chi connectivity index (χ1n) is 4.78. The van der Waals surface area contributed by atoms with Crippen molar-refractivity contribution in [1.29, 1.82) is 0 Å². The number of aromatic nitrogens is 2. The van der Waals surface area contributed by atoms with Crippen LogP contribution in [-0.4, -0.2) is 9.97 Å². The standard InChI is InChI=1S/C10H13N3S2/c1-7-4-15-10(13-7)8(2)11-3-9-5-14-6-12-9/h4-6,8,11H,3H2,1-2H3. The lowest BCUT2D eigenvalue weighted by Gasteiger charge is -2.09. The van der Waals surface area contributed by atoms with Gasteiger partial charge in [-0.2, -0.15) is 0 Å². The van der Waals surface area contributed by atoms with E-state index in [1.807, 2.05) is 12.4 Å². The number of aryl methyl sites for hydroxylation is 1. The zero-order valence-electron chi connectivity index (χ0n) is 8.73. The number of thiazole rings is 2. The first kappa shape index (κ1) is 10.7. The Morgan fingerprint density at radius 3 is 2.93 bits per heavy atom. The molecule has 2 heterocycles. The van der Waals surface area contributed by atoms with Gasteiger partial charge in [-0.3, -0.25) is 0 Å². The van der Waals surface area contributed by atoms with Gasteiger partial charge in [-0.15, -0.1) is 22.7 Å². The highest BCUT2D eigenvalue weighted by Crippen LogP contribution is 2.17. The van der Waals surface area contributed by atoms with E-state index in [2.05, 4.69) is 33.0 Å². The number of hydrogen-bond acceptors (Lipinski definition) is 5. The summed E-state index contributed by atoms with van der Waals surface area (Å²) in [5, 5.41) is 8.69. The van der Waals surface area contributed by atoms with Crippen molar-refractivity contribution in [3.05, 3.63) is 32.7 Å². The van der Waals surface area contributed by atoms with Gasteiger partial charge >= 0.3 is 0 Å². The molecule has 0 aliphatic carbocycles. The lowest BCUT2D eigenvalue weighted by molar-refractivity contribution is 0.566. The molecule has 0 saturated heterocycles. The Kier molecular flexibility index (Phi) is 3.45. The average molecular weight is 239 g/mol. The lowest BCUT2D eigenvalue weighted by atomic mass is 10.3. The fourth-order valence-corrected chi connectivity index (χ4v) is 2.63. The highest BCUT2D eigenvalue weighted by molar-refractivity contribution is 7.09. The molecule has 0 aliphatic rings. The van der Waals surface area contributed by atoms with E-state index in [-0.39, 0.29) is 0 Å². The van der Waals surface area contributed by atoms with Crippen molar-refractivity contribution in [2.75, 3.05) is 0 Å². The van der Waals surface area contributed by atoms with E-state index >= 15 is 0 Å². The van der Waals surface area contributed by atoms with Gasteiger partial charge in [0, 0.05) is 23.0 Å². The Bertz CT molecular complexity index is 408. The summed E-state index contributed by atoms with van der Waals surface area (Å²) in [5.74, 6) is 0. The van der Waals surface area contributed by atoms with Crippen molar-refractivity contribution in [2.45, 2.75) is 26.4 Å². The maximum Gasteiger partial charge on any atom is 0.110 e. The van der Waals surface area contributed by atoms with Crippen molar-refractivity contribution < 1.29 is 0 Å². The molecule has 3 nitrogen and oxygen atoms in total. The molecule has 0 amide bonds. The van der Waals surface area contributed by atoms with Crippen molar-refractivity contribution in [3.63, 3.8) is 0 Å². The Hall–Kier alpha value is -0.780. The Balaban J connectivity index is 1.90. The Labute approximate surface area is 97.2 Å². The zero-order chi connectivity index (χ0) is 10.7. The molecule has 0 bridgehead atoms. The molecule has 1 atom stereocenters. The Morgan fingerprint density at radius 1 is 1.47 bits per heavy atom. The molecule has 0 spiro atoms. The quantitative estimate of drug-likeness (QED) is 0.891. The third kappa shape index (κ3) is 2.84. The molecular weight excluding hydrogens is 226 g/mol. The molecule has 0 radical (unpaired) electrons. The van der Waals surface area contributed by atoms with Crippen LogP contribution in [0.15, 0.2) is 16.3 Å². The second-order valence-corrected chi connectivity index (χ2v) is 5.02. The van der Waals surface area contributed by atoms with Gasteiger partial charge in [-0.1, -0.05) is 0 Å². The second-order valence-electron chi connectivity index (χ2n) is 3.41. The number of nitrogens with one attached hydrogen (secondary N) is 1. The molecule has 1 unspecified atom stereocenters. The van der Waals surface area contributed by atoms with Crippen molar-refractivity contribution in [3.8, 4) is 0 Å². The number of hydrogen-bond donors (Lipinski definition) is 1. The summed E-state index contributed by atoms with van der Waals surface area (Å²) in [5.41, 5.74) is 4.05. The van der Waals surface area contributed by atoms with Crippen LogP contribution in [0.25, 0.3) is 0 Å². The van der Waals surface area contributed by atoms with Crippen molar-refractivity contribution in [1.82, 2.24) is 15.3 Å². The largest absolute Gasteiger partial charge is 0.302 e. The number of rotatable bonds is 4. The third-order valence-corrected chi connectivity index (χ3v) is 3.86. The first-order chi connectivity index (χ1) is 7.25. The minimum Gasteiger partial charge on any atom is -0.302 e. The van der Waals surface area contributed by atoms with E-state index in [0.29, 0.717) is 6.04 Å². The number of nitrogens with zero attached hydrogens (tertiary/aromatic N) is 2. The molecule has 0 aromatic carbocycles. The Morgan fingerprint density at radius 2 is 2.33 bits per heavy atom. The van der Waals surface area contributed by atoms with Crippen LogP contribution < -0.4 is 5.32 Å². The molecule has 2 rings (SSSR count). The second kappa shape index (κ2) is 4.83. The van der Waals surface area contributed by atoms with Crippen LogP contribution >= 0.6 is 22.7 Å². The molecule has 0 fully saturated rings. The van der Waals surface area contributed by atoms with Crippen LogP contribution in [0.1, 0.15) is 29.4 Å². The van der Waals surface area contributed by atoms with Gasteiger partial charge in [0.2, 0.25) is 0 Å². The first-order valence-corrected chi connectivity index (χ1v) is 6.60. The third-order valence-electron chi connectivity index (χ3n) is 2.08. The van der Waals surface area contributed by atoms with Gasteiger partial charge in [0.25, 0.3) is 0 Å². The fourth-order valence-electron chi connectivity index (χ4n) is 1.24. The van der Waals surface area contributed by atoms with Crippen LogP contribution in [0, 0.1) is 6.92 Å². The smallest absolute Gasteiger partial charge is 0.110 e. The van der Waals surface area contributed by atoms with E-state index in [4.69, 9.17) is 0 Å². The highest BCUT2D eigenvalue weighted by Gasteiger charge is 2.08. The van der Waals surface area contributed by atoms with Gasteiger partial charge < -0.3 is 5.32 Å². The molecule has 1 N–H and O–H groups in total. The fraction of sp³-hybridized carbons (Fsp3) is 0.400. The normalized spacial score (nSPS) is 12.9. The average Bonchev–Trinajstić information content (AvgIpc) is 2.84.